The number of esters is 1. The van der Waals surface area contributed by atoms with Gasteiger partial charge in [0.15, 0.2) is 0 Å². The van der Waals surface area contributed by atoms with Crippen molar-refractivity contribution in [1.29, 1.82) is 0 Å². The lowest BCUT2D eigenvalue weighted by molar-refractivity contribution is -0.143. The van der Waals surface area contributed by atoms with Crippen LogP contribution in [0.2, 0.25) is 0 Å². The smallest absolute Gasteiger partial charge is 0.328 e. The molecule has 1 N–H and O–H groups in total. The Morgan fingerprint density at radius 1 is 1.07 bits per heavy atom. The molecular weight excluding hydrogens is 344 g/mol. The topological polar surface area (TPSA) is 104 Å². The predicted octanol–water partition coefficient (Wildman–Crippen LogP) is 3.06. The standard InChI is InChI=1S/C20H18N4O3/c1-14(23-24-21)18(20(26)27-2)22-19(25)17-12-10-16(11-13-17)9-8-15-6-4-3-5-7-15/h3-7,10-14,18H,1-2H3,(H,22,25)/t14-,18-/m0/s1. The maximum atomic E-state index is 12.4. The zero-order valence-electron chi connectivity index (χ0n) is 14.9. The molecule has 1 amide bonds. The molecule has 0 radical (unpaired) electrons. The minimum absolute atomic E-state index is 0.349. The second-order valence-corrected chi connectivity index (χ2v) is 5.61. The Balaban J connectivity index is 2.11. The first-order chi connectivity index (χ1) is 13.0. The van der Waals surface area contributed by atoms with Crippen molar-refractivity contribution in [3.63, 3.8) is 0 Å². The summed E-state index contributed by atoms with van der Waals surface area (Å²) in [5.74, 6) is 4.89. The van der Waals surface area contributed by atoms with Crippen molar-refractivity contribution in [3.05, 3.63) is 81.7 Å². The number of nitrogens with zero attached hydrogens (tertiary/aromatic N) is 3. The molecule has 136 valence electrons. The molecule has 0 fully saturated rings. The predicted molar refractivity (Wildman–Crippen MR) is 101 cm³/mol. The number of hydrogen-bond donors (Lipinski definition) is 1. The van der Waals surface area contributed by atoms with E-state index in [9.17, 15) is 9.59 Å². The molecule has 0 unspecified atom stereocenters. The van der Waals surface area contributed by atoms with Crippen molar-refractivity contribution in [2.24, 2.45) is 5.11 Å². The van der Waals surface area contributed by atoms with Crippen LogP contribution < -0.4 is 5.32 Å². The largest absolute Gasteiger partial charge is 0.467 e. The van der Waals surface area contributed by atoms with Crippen LogP contribution in [-0.2, 0) is 9.53 Å². The number of ether oxygens (including phenoxy) is 1. The first-order valence-corrected chi connectivity index (χ1v) is 8.15. The summed E-state index contributed by atoms with van der Waals surface area (Å²) < 4.78 is 4.65. The molecule has 2 rings (SSSR count). The lowest BCUT2D eigenvalue weighted by Gasteiger charge is -2.19. The number of carbonyl (C=O) groups is 2. The van der Waals surface area contributed by atoms with Crippen LogP contribution in [0.5, 0.6) is 0 Å². The Morgan fingerprint density at radius 3 is 2.22 bits per heavy atom. The maximum Gasteiger partial charge on any atom is 0.328 e. The van der Waals surface area contributed by atoms with E-state index >= 15 is 0 Å². The van der Waals surface area contributed by atoms with Gasteiger partial charge in [-0.2, -0.15) is 0 Å². The highest BCUT2D eigenvalue weighted by molar-refractivity contribution is 5.97. The van der Waals surface area contributed by atoms with E-state index in [0.29, 0.717) is 5.56 Å². The van der Waals surface area contributed by atoms with Crippen molar-refractivity contribution in [2.45, 2.75) is 19.0 Å². The summed E-state index contributed by atoms with van der Waals surface area (Å²) in [6.45, 7) is 1.52. The van der Waals surface area contributed by atoms with Crippen LogP contribution in [0.3, 0.4) is 0 Å². The maximum absolute atomic E-state index is 12.4. The van der Waals surface area contributed by atoms with Gasteiger partial charge in [0.25, 0.3) is 5.91 Å². The highest BCUT2D eigenvalue weighted by Gasteiger charge is 2.27. The molecule has 0 saturated carbocycles. The highest BCUT2D eigenvalue weighted by Crippen LogP contribution is 2.07. The van der Waals surface area contributed by atoms with Crippen LogP contribution in [0.1, 0.15) is 28.4 Å². The number of methoxy groups -OCH3 is 1. The third-order valence-electron chi connectivity index (χ3n) is 3.73. The molecule has 0 saturated heterocycles. The highest BCUT2D eigenvalue weighted by atomic mass is 16.5. The molecule has 0 spiro atoms. The van der Waals surface area contributed by atoms with Crippen LogP contribution in [-0.4, -0.2) is 31.1 Å². The fraction of sp³-hybridized carbons (Fsp3) is 0.200. The second-order valence-electron chi connectivity index (χ2n) is 5.61. The molecule has 0 aromatic heterocycles. The Kier molecular flexibility index (Phi) is 7.00. The number of rotatable bonds is 5. The lowest BCUT2D eigenvalue weighted by Crippen LogP contribution is -2.47. The summed E-state index contributed by atoms with van der Waals surface area (Å²) in [7, 11) is 1.20. The summed E-state index contributed by atoms with van der Waals surface area (Å²) >= 11 is 0. The average molecular weight is 362 g/mol. The third kappa shape index (κ3) is 5.63. The zero-order valence-corrected chi connectivity index (χ0v) is 14.9. The van der Waals surface area contributed by atoms with Gasteiger partial charge in [-0.25, -0.2) is 4.79 Å². The molecule has 0 aliphatic heterocycles. The summed E-state index contributed by atoms with van der Waals surface area (Å²) in [5, 5.41) is 5.99. The molecular formula is C20H18N4O3. The monoisotopic (exact) mass is 362 g/mol. The fourth-order valence-corrected chi connectivity index (χ4v) is 2.25. The van der Waals surface area contributed by atoms with Crippen LogP contribution in [0.25, 0.3) is 10.4 Å². The van der Waals surface area contributed by atoms with Crippen molar-refractivity contribution >= 4 is 11.9 Å². The van der Waals surface area contributed by atoms with Crippen molar-refractivity contribution in [1.82, 2.24) is 5.32 Å². The summed E-state index contributed by atoms with van der Waals surface area (Å²) in [5.41, 5.74) is 10.5. The molecule has 2 aromatic carbocycles. The van der Waals surface area contributed by atoms with Crippen LogP contribution in [0, 0.1) is 11.8 Å². The minimum atomic E-state index is -1.07. The Bertz CT molecular complexity index is 908. The molecule has 0 bridgehead atoms. The van der Waals surface area contributed by atoms with Gasteiger partial charge in [0.1, 0.15) is 6.04 Å². The normalized spacial score (nSPS) is 11.8. The van der Waals surface area contributed by atoms with Crippen molar-refractivity contribution in [3.8, 4) is 11.8 Å². The lowest BCUT2D eigenvalue weighted by atomic mass is 10.1. The Hall–Kier alpha value is -3.75. The molecule has 0 aliphatic carbocycles. The molecule has 7 nitrogen and oxygen atoms in total. The van der Waals surface area contributed by atoms with E-state index in [1.807, 2.05) is 30.3 Å². The summed E-state index contributed by atoms with van der Waals surface area (Å²) in [4.78, 5) is 26.9. The van der Waals surface area contributed by atoms with E-state index in [4.69, 9.17) is 5.53 Å². The SMILES string of the molecule is COC(=O)[C@@H](NC(=O)c1ccc(C#Cc2ccccc2)cc1)[C@H](C)N=[N+]=[N-]. The molecule has 0 aliphatic rings. The Morgan fingerprint density at radius 2 is 1.67 bits per heavy atom. The van der Waals surface area contributed by atoms with Gasteiger partial charge < -0.3 is 10.1 Å². The molecule has 7 heteroatoms. The van der Waals surface area contributed by atoms with E-state index < -0.39 is 24.0 Å². The van der Waals surface area contributed by atoms with Gasteiger partial charge in [-0.1, -0.05) is 42.1 Å². The van der Waals surface area contributed by atoms with Gasteiger partial charge in [-0.3, -0.25) is 4.79 Å². The number of amides is 1. The van der Waals surface area contributed by atoms with Crippen LogP contribution >= 0.6 is 0 Å². The van der Waals surface area contributed by atoms with Crippen LogP contribution in [0.4, 0.5) is 0 Å². The third-order valence-corrected chi connectivity index (χ3v) is 3.73. The van der Waals surface area contributed by atoms with E-state index in [1.54, 1.807) is 24.3 Å². The van der Waals surface area contributed by atoms with Crippen molar-refractivity contribution in [2.75, 3.05) is 7.11 Å². The summed E-state index contributed by atoms with van der Waals surface area (Å²) in [6, 6.07) is 14.3. The molecule has 0 heterocycles. The van der Waals surface area contributed by atoms with Gasteiger partial charge in [-0.15, -0.1) is 0 Å². The van der Waals surface area contributed by atoms with Gasteiger partial charge in [0.2, 0.25) is 0 Å². The van der Waals surface area contributed by atoms with E-state index in [2.05, 4.69) is 31.9 Å². The average Bonchev–Trinajstić information content (AvgIpc) is 2.71. The number of nitrogens with one attached hydrogen (secondary N) is 1. The van der Waals surface area contributed by atoms with E-state index in [0.717, 1.165) is 11.1 Å². The van der Waals surface area contributed by atoms with E-state index in [1.165, 1.54) is 14.0 Å². The summed E-state index contributed by atoms with van der Waals surface area (Å²) in [6.07, 6.45) is 0. The van der Waals surface area contributed by atoms with Crippen molar-refractivity contribution < 1.29 is 14.3 Å². The fourth-order valence-electron chi connectivity index (χ4n) is 2.25. The number of carbonyl (C=O) groups excluding carboxylic acids is 2. The Labute approximate surface area is 157 Å². The number of hydrogen-bond acceptors (Lipinski definition) is 4. The number of azide groups is 1. The quantitative estimate of drug-likeness (QED) is 0.290. The number of benzene rings is 2. The van der Waals surface area contributed by atoms with Gasteiger partial charge in [-0.05, 0) is 41.9 Å². The van der Waals surface area contributed by atoms with Gasteiger partial charge in [0.05, 0.1) is 13.2 Å². The molecule has 2 aromatic rings. The second kappa shape index (κ2) is 9.66. The van der Waals surface area contributed by atoms with Gasteiger partial charge >= 0.3 is 5.97 Å². The van der Waals surface area contributed by atoms with Crippen LogP contribution in [0.15, 0.2) is 59.7 Å². The zero-order chi connectivity index (χ0) is 19.6. The minimum Gasteiger partial charge on any atom is -0.467 e. The van der Waals surface area contributed by atoms with E-state index in [-0.39, 0.29) is 0 Å². The van der Waals surface area contributed by atoms with Gasteiger partial charge in [0, 0.05) is 21.6 Å². The first-order valence-electron chi connectivity index (χ1n) is 8.15. The first kappa shape index (κ1) is 19.6. The molecule has 2 atom stereocenters. The molecule has 27 heavy (non-hydrogen) atoms.